The molecule has 5 aromatic carbocycles. The van der Waals surface area contributed by atoms with Crippen molar-refractivity contribution in [3.8, 4) is 5.75 Å². The first-order chi connectivity index (χ1) is 18.1. The molecule has 6 rings (SSSR count). The van der Waals surface area contributed by atoms with Gasteiger partial charge in [-0.05, 0) is 74.3 Å². The van der Waals surface area contributed by atoms with Gasteiger partial charge in [0.1, 0.15) is 12.4 Å². The maximum atomic E-state index is 13.0. The first-order valence-electron chi connectivity index (χ1n) is 12.1. The van der Waals surface area contributed by atoms with Crippen LogP contribution in [0.1, 0.15) is 16.7 Å². The van der Waals surface area contributed by atoms with Crippen LogP contribution in [0, 0.1) is 0 Å². The molecule has 1 fully saturated rings. The highest BCUT2D eigenvalue weighted by atomic mass is 32.2. The number of hydrogen-bond acceptors (Lipinski definition) is 4. The average molecular weight is 502 g/mol. The Morgan fingerprint density at radius 3 is 2.30 bits per heavy atom. The Morgan fingerprint density at radius 1 is 0.730 bits per heavy atom. The summed E-state index contributed by atoms with van der Waals surface area (Å²) < 4.78 is 6.02. The molecule has 1 saturated heterocycles. The highest BCUT2D eigenvalue weighted by Gasteiger charge is 2.35. The third kappa shape index (κ3) is 4.86. The largest absolute Gasteiger partial charge is 0.489 e. The molecule has 2 amide bonds. The van der Waals surface area contributed by atoms with Gasteiger partial charge in [0, 0.05) is 0 Å². The normalized spacial score (nSPS) is 14.7. The molecule has 1 aliphatic rings. The summed E-state index contributed by atoms with van der Waals surface area (Å²) in [5.41, 5.74) is 2.89. The Morgan fingerprint density at radius 2 is 1.46 bits per heavy atom. The van der Waals surface area contributed by atoms with Gasteiger partial charge in [0.05, 0.1) is 11.4 Å². The van der Waals surface area contributed by atoms with Gasteiger partial charge in [-0.3, -0.25) is 14.5 Å². The van der Waals surface area contributed by atoms with Crippen molar-refractivity contribution in [3.05, 3.63) is 131 Å². The van der Waals surface area contributed by atoms with Gasteiger partial charge in [-0.2, -0.15) is 0 Å². The molecule has 1 aliphatic heterocycles. The molecule has 0 unspecified atom stereocenters. The lowest BCUT2D eigenvalue weighted by Crippen LogP contribution is -2.27. The van der Waals surface area contributed by atoms with Crippen molar-refractivity contribution in [2.24, 2.45) is 0 Å². The van der Waals surface area contributed by atoms with Crippen molar-refractivity contribution in [2.45, 2.75) is 13.2 Å². The monoisotopic (exact) mass is 501 g/mol. The van der Waals surface area contributed by atoms with Crippen LogP contribution in [0.5, 0.6) is 5.75 Å². The third-order valence-electron chi connectivity index (χ3n) is 6.48. The Bertz CT molecular complexity index is 1670. The summed E-state index contributed by atoms with van der Waals surface area (Å²) in [4.78, 5) is 27.4. The zero-order chi connectivity index (χ0) is 25.2. The summed E-state index contributed by atoms with van der Waals surface area (Å²) in [6.07, 6.45) is 1.76. The highest BCUT2D eigenvalue weighted by Crippen LogP contribution is 2.34. The SMILES string of the molecule is O=C1S/C(=C\c2ccc(OCc3cccc4ccccc34)cc2)C(=O)N1Cc1ccc2ccccc2c1. The number of imide groups is 1. The predicted octanol–water partition coefficient (Wildman–Crippen LogP) is 7.81. The molecule has 0 aromatic heterocycles. The molecule has 0 bridgehead atoms. The fourth-order valence-electron chi connectivity index (χ4n) is 4.55. The molecular formula is C32H23NO3S. The van der Waals surface area contributed by atoms with E-state index in [1.807, 2.05) is 84.9 Å². The highest BCUT2D eigenvalue weighted by molar-refractivity contribution is 8.18. The predicted molar refractivity (Wildman–Crippen MR) is 150 cm³/mol. The average Bonchev–Trinajstić information content (AvgIpc) is 3.19. The van der Waals surface area contributed by atoms with Crippen LogP contribution in [0.2, 0.25) is 0 Å². The minimum atomic E-state index is -0.264. The van der Waals surface area contributed by atoms with Crippen molar-refractivity contribution < 1.29 is 14.3 Å². The molecule has 180 valence electrons. The number of amides is 2. The van der Waals surface area contributed by atoms with Crippen LogP contribution in [0.15, 0.2) is 114 Å². The maximum Gasteiger partial charge on any atom is 0.293 e. The van der Waals surface area contributed by atoms with Crippen molar-refractivity contribution in [1.29, 1.82) is 0 Å². The molecule has 4 nitrogen and oxygen atoms in total. The summed E-state index contributed by atoms with van der Waals surface area (Å²) in [5.74, 6) is 0.480. The minimum absolute atomic E-state index is 0.251. The van der Waals surface area contributed by atoms with Crippen LogP contribution in [0.25, 0.3) is 27.6 Å². The van der Waals surface area contributed by atoms with Crippen LogP contribution in [-0.2, 0) is 17.9 Å². The number of benzene rings is 5. The fourth-order valence-corrected chi connectivity index (χ4v) is 5.39. The first kappa shape index (κ1) is 23.1. The van der Waals surface area contributed by atoms with Crippen molar-refractivity contribution in [1.82, 2.24) is 4.90 Å². The Balaban J connectivity index is 1.13. The van der Waals surface area contributed by atoms with E-state index in [0.29, 0.717) is 11.5 Å². The van der Waals surface area contributed by atoms with Gasteiger partial charge in [0.15, 0.2) is 0 Å². The lowest BCUT2D eigenvalue weighted by molar-refractivity contribution is -0.123. The van der Waals surface area contributed by atoms with Gasteiger partial charge in [0.2, 0.25) is 0 Å². The zero-order valence-electron chi connectivity index (χ0n) is 20.0. The zero-order valence-corrected chi connectivity index (χ0v) is 20.8. The van der Waals surface area contributed by atoms with E-state index in [1.165, 1.54) is 15.7 Å². The standard InChI is InChI=1S/C32H23NO3S/c34-31-30(37-32(35)33(31)20-23-12-15-24-6-1-2-8-26(24)18-23)19-22-13-16-28(17-14-22)36-21-27-10-5-9-25-7-3-4-11-29(25)27/h1-19H,20-21H2/b30-19-. The lowest BCUT2D eigenvalue weighted by atomic mass is 10.1. The summed E-state index contributed by atoms with van der Waals surface area (Å²) >= 11 is 0.980. The third-order valence-corrected chi connectivity index (χ3v) is 7.39. The fraction of sp³-hybridized carbons (Fsp3) is 0.0625. The summed E-state index contributed by atoms with van der Waals surface area (Å²) in [7, 11) is 0. The second kappa shape index (κ2) is 9.96. The van der Waals surface area contributed by atoms with Crippen molar-refractivity contribution >= 4 is 50.5 Å². The van der Waals surface area contributed by atoms with Crippen LogP contribution in [0.3, 0.4) is 0 Å². The van der Waals surface area contributed by atoms with Crippen LogP contribution in [-0.4, -0.2) is 16.0 Å². The van der Waals surface area contributed by atoms with E-state index in [0.717, 1.165) is 45.0 Å². The first-order valence-corrected chi connectivity index (χ1v) is 12.9. The van der Waals surface area contributed by atoms with Gasteiger partial charge in [0.25, 0.3) is 11.1 Å². The quantitative estimate of drug-likeness (QED) is 0.223. The summed E-state index contributed by atoms with van der Waals surface area (Å²) in [6, 6.07) is 36.1. The molecular weight excluding hydrogens is 478 g/mol. The van der Waals surface area contributed by atoms with Gasteiger partial charge in [-0.15, -0.1) is 0 Å². The number of fused-ring (bicyclic) bond motifs is 2. The Hall–Kier alpha value is -4.35. The number of carbonyl (C=O) groups excluding carboxylic acids is 2. The molecule has 0 N–H and O–H groups in total. The topological polar surface area (TPSA) is 46.6 Å². The maximum absolute atomic E-state index is 13.0. The Kier molecular flexibility index (Phi) is 6.21. The molecule has 0 radical (unpaired) electrons. The van der Waals surface area contributed by atoms with E-state index < -0.39 is 0 Å². The number of nitrogens with zero attached hydrogens (tertiary/aromatic N) is 1. The second-order valence-corrected chi connectivity index (χ2v) is 9.94. The van der Waals surface area contributed by atoms with Gasteiger partial charge < -0.3 is 4.74 Å². The minimum Gasteiger partial charge on any atom is -0.489 e. The van der Waals surface area contributed by atoms with E-state index in [9.17, 15) is 9.59 Å². The van der Waals surface area contributed by atoms with Crippen molar-refractivity contribution in [2.75, 3.05) is 0 Å². The second-order valence-electron chi connectivity index (χ2n) is 8.95. The number of thioether (sulfide) groups is 1. The number of ether oxygens (including phenoxy) is 1. The molecule has 5 heteroatoms. The van der Waals surface area contributed by atoms with Gasteiger partial charge in [-0.25, -0.2) is 0 Å². The van der Waals surface area contributed by atoms with E-state index in [-0.39, 0.29) is 17.7 Å². The Labute approximate surface area is 219 Å². The van der Waals surface area contributed by atoms with Crippen LogP contribution >= 0.6 is 11.8 Å². The summed E-state index contributed by atoms with van der Waals surface area (Å²) in [5, 5.41) is 4.34. The number of rotatable bonds is 6. The molecule has 5 aromatic rings. The molecule has 37 heavy (non-hydrogen) atoms. The smallest absolute Gasteiger partial charge is 0.293 e. The van der Waals surface area contributed by atoms with E-state index in [4.69, 9.17) is 4.74 Å². The van der Waals surface area contributed by atoms with Crippen LogP contribution in [0.4, 0.5) is 4.79 Å². The van der Waals surface area contributed by atoms with Gasteiger partial charge >= 0.3 is 0 Å². The number of hydrogen-bond donors (Lipinski definition) is 0. The molecule has 0 aliphatic carbocycles. The molecule has 0 saturated carbocycles. The van der Waals surface area contributed by atoms with E-state index >= 15 is 0 Å². The van der Waals surface area contributed by atoms with E-state index in [2.05, 4.69) is 24.3 Å². The number of carbonyl (C=O) groups is 2. The molecule has 0 spiro atoms. The van der Waals surface area contributed by atoms with Crippen molar-refractivity contribution in [3.63, 3.8) is 0 Å². The summed E-state index contributed by atoms with van der Waals surface area (Å²) in [6.45, 7) is 0.724. The molecule has 0 atom stereocenters. The molecule has 1 heterocycles. The van der Waals surface area contributed by atoms with Crippen LogP contribution < -0.4 is 4.74 Å². The van der Waals surface area contributed by atoms with E-state index in [1.54, 1.807) is 6.08 Å². The lowest BCUT2D eigenvalue weighted by Gasteiger charge is -2.13. The van der Waals surface area contributed by atoms with Gasteiger partial charge in [-0.1, -0.05) is 91.0 Å².